The first kappa shape index (κ1) is 13.9. The lowest BCUT2D eigenvalue weighted by atomic mass is 10.2. The normalized spacial score (nSPS) is 14.9. The fourth-order valence-electron chi connectivity index (χ4n) is 2.42. The van der Waals surface area contributed by atoms with Crippen LogP contribution in [0.15, 0.2) is 28.3 Å². The minimum Gasteiger partial charge on any atom is -0.392 e. The molecule has 20 heavy (non-hydrogen) atoms. The minimum absolute atomic E-state index is 0.0665. The summed E-state index contributed by atoms with van der Waals surface area (Å²) < 4.78 is 2.19. The fourth-order valence-corrected chi connectivity index (χ4v) is 3.74. The second-order valence-corrected chi connectivity index (χ2v) is 6.25. The van der Waals surface area contributed by atoms with Crippen LogP contribution in [0.2, 0.25) is 5.02 Å². The predicted octanol–water partition coefficient (Wildman–Crippen LogP) is 3.30. The summed E-state index contributed by atoms with van der Waals surface area (Å²) in [7, 11) is 0. The smallest absolute Gasteiger partial charge is 0.196 e. The lowest BCUT2D eigenvalue weighted by molar-refractivity contribution is 0.279. The van der Waals surface area contributed by atoms with Crippen LogP contribution >= 0.6 is 23.4 Å². The SMILES string of the molecule is OCc1c(Cl)cccc1Sc1nnc2n1CCCCC2. The molecule has 0 fully saturated rings. The number of hydrogen-bond donors (Lipinski definition) is 1. The number of halogens is 1. The van der Waals surface area contributed by atoms with Gasteiger partial charge in [-0.25, -0.2) is 0 Å². The van der Waals surface area contributed by atoms with Crippen molar-refractivity contribution in [2.24, 2.45) is 0 Å². The van der Waals surface area contributed by atoms with Crippen molar-refractivity contribution >= 4 is 23.4 Å². The van der Waals surface area contributed by atoms with Crippen molar-refractivity contribution in [3.05, 3.63) is 34.6 Å². The third-order valence-electron chi connectivity index (χ3n) is 3.51. The summed E-state index contributed by atoms with van der Waals surface area (Å²) in [5.41, 5.74) is 0.755. The summed E-state index contributed by atoms with van der Waals surface area (Å²) in [6.07, 6.45) is 4.59. The fraction of sp³-hybridized carbons (Fsp3) is 0.429. The molecule has 0 radical (unpaired) electrons. The number of aliphatic hydroxyl groups is 1. The van der Waals surface area contributed by atoms with Crippen molar-refractivity contribution < 1.29 is 5.11 Å². The van der Waals surface area contributed by atoms with Gasteiger partial charge in [-0.15, -0.1) is 10.2 Å². The molecule has 0 saturated carbocycles. The summed E-state index contributed by atoms with van der Waals surface area (Å²) in [5, 5.41) is 19.5. The molecule has 0 amide bonds. The monoisotopic (exact) mass is 309 g/mol. The van der Waals surface area contributed by atoms with Gasteiger partial charge in [0, 0.05) is 28.4 Å². The zero-order chi connectivity index (χ0) is 13.9. The first-order valence-electron chi connectivity index (χ1n) is 6.78. The highest BCUT2D eigenvalue weighted by atomic mass is 35.5. The Morgan fingerprint density at radius 2 is 2.15 bits per heavy atom. The van der Waals surface area contributed by atoms with E-state index in [1.807, 2.05) is 12.1 Å². The predicted molar refractivity (Wildman–Crippen MR) is 79.1 cm³/mol. The topological polar surface area (TPSA) is 50.9 Å². The average molecular weight is 310 g/mol. The van der Waals surface area contributed by atoms with Gasteiger partial charge in [0.05, 0.1) is 6.61 Å². The van der Waals surface area contributed by atoms with Crippen molar-refractivity contribution in [2.75, 3.05) is 0 Å². The Kier molecular flexibility index (Phi) is 4.29. The Bertz CT molecular complexity index is 614. The van der Waals surface area contributed by atoms with Crippen LogP contribution < -0.4 is 0 Å². The van der Waals surface area contributed by atoms with Crippen molar-refractivity contribution in [1.82, 2.24) is 14.8 Å². The van der Waals surface area contributed by atoms with Gasteiger partial charge in [-0.2, -0.15) is 0 Å². The van der Waals surface area contributed by atoms with Gasteiger partial charge in [0.1, 0.15) is 5.82 Å². The molecule has 0 atom stereocenters. The third kappa shape index (κ3) is 2.71. The van der Waals surface area contributed by atoms with E-state index >= 15 is 0 Å². The molecule has 0 aliphatic carbocycles. The van der Waals surface area contributed by atoms with Gasteiger partial charge < -0.3 is 9.67 Å². The summed E-state index contributed by atoms with van der Waals surface area (Å²) in [4.78, 5) is 0.944. The molecule has 0 saturated heterocycles. The summed E-state index contributed by atoms with van der Waals surface area (Å²) in [6, 6.07) is 5.64. The van der Waals surface area contributed by atoms with Crippen LogP contribution in [0.5, 0.6) is 0 Å². The van der Waals surface area contributed by atoms with E-state index in [1.54, 1.807) is 6.07 Å². The summed E-state index contributed by atoms with van der Waals surface area (Å²) >= 11 is 7.65. The van der Waals surface area contributed by atoms with Crippen LogP contribution in [0.4, 0.5) is 0 Å². The van der Waals surface area contributed by atoms with Crippen LogP contribution in [-0.4, -0.2) is 19.9 Å². The second-order valence-electron chi connectivity index (χ2n) is 4.84. The average Bonchev–Trinajstić information content (AvgIpc) is 2.68. The first-order valence-corrected chi connectivity index (χ1v) is 7.97. The second kappa shape index (κ2) is 6.16. The Balaban J connectivity index is 1.92. The molecule has 0 bridgehead atoms. The molecule has 1 aliphatic heterocycles. The largest absolute Gasteiger partial charge is 0.392 e. The van der Waals surface area contributed by atoms with Gasteiger partial charge in [0.15, 0.2) is 5.16 Å². The van der Waals surface area contributed by atoms with Gasteiger partial charge in [0.2, 0.25) is 0 Å². The maximum Gasteiger partial charge on any atom is 0.196 e. The van der Waals surface area contributed by atoms with Gasteiger partial charge in [-0.3, -0.25) is 0 Å². The van der Waals surface area contributed by atoms with Gasteiger partial charge in [-0.05, 0) is 36.7 Å². The molecule has 1 aromatic heterocycles. The van der Waals surface area contributed by atoms with Crippen molar-refractivity contribution in [2.45, 2.75) is 48.9 Å². The van der Waals surface area contributed by atoms with Crippen molar-refractivity contribution in [3.8, 4) is 0 Å². The zero-order valence-electron chi connectivity index (χ0n) is 11.0. The van der Waals surface area contributed by atoms with E-state index in [-0.39, 0.29) is 6.61 Å². The van der Waals surface area contributed by atoms with Gasteiger partial charge in [-0.1, -0.05) is 24.1 Å². The summed E-state index contributed by atoms with van der Waals surface area (Å²) in [5.74, 6) is 1.07. The molecule has 0 spiro atoms. The number of rotatable bonds is 3. The molecule has 1 aromatic carbocycles. The van der Waals surface area contributed by atoms with E-state index in [9.17, 15) is 5.11 Å². The van der Waals surface area contributed by atoms with Crippen LogP contribution in [0.25, 0.3) is 0 Å². The number of aryl methyl sites for hydroxylation is 1. The Labute approximate surface area is 127 Å². The molecule has 1 N–H and O–H groups in total. The Hall–Kier alpha value is -1.04. The molecular weight excluding hydrogens is 294 g/mol. The number of fused-ring (bicyclic) bond motifs is 1. The minimum atomic E-state index is -0.0665. The Morgan fingerprint density at radius 1 is 1.25 bits per heavy atom. The number of benzene rings is 1. The maximum absolute atomic E-state index is 9.47. The summed E-state index contributed by atoms with van der Waals surface area (Å²) in [6.45, 7) is 0.905. The van der Waals surface area contributed by atoms with E-state index in [4.69, 9.17) is 11.6 Å². The van der Waals surface area contributed by atoms with E-state index in [1.165, 1.54) is 31.0 Å². The van der Waals surface area contributed by atoms with Crippen LogP contribution in [0, 0.1) is 0 Å². The molecule has 2 heterocycles. The molecular formula is C14H16ClN3OS. The number of aromatic nitrogens is 3. The lowest BCUT2D eigenvalue weighted by Crippen LogP contribution is -2.02. The van der Waals surface area contributed by atoms with Crippen LogP contribution in [0.1, 0.15) is 30.7 Å². The number of nitrogens with zero attached hydrogens (tertiary/aromatic N) is 3. The molecule has 106 valence electrons. The van der Waals surface area contributed by atoms with Crippen LogP contribution in [-0.2, 0) is 19.6 Å². The molecule has 6 heteroatoms. The standard InChI is InChI=1S/C14H16ClN3OS/c15-11-5-4-6-12(10(11)9-19)20-14-17-16-13-7-2-1-3-8-18(13)14/h4-6,19H,1-3,7-9H2. The van der Waals surface area contributed by atoms with Gasteiger partial charge >= 0.3 is 0 Å². The van der Waals surface area contributed by atoms with Crippen molar-refractivity contribution in [1.29, 1.82) is 0 Å². The van der Waals surface area contributed by atoms with Crippen LogP contribution in [0.3, 0.4) is 0 Å². The van der Waals surface area contributed by atoms with E-state index < -0.39 is 0 Å². The highest BCUT2D eigenvalue weighted by Crippen LogP contribution is 2.34. The zero-order valence-corrected chi connectivity index (χ0v) is 12.6. The highest BCUT2D eigenvalue weighted by molar-refractivity contribution is 7.99. The highest BCUT2D eigenvalue weighted by Gasteiger charge is 2.17. The van der Waals surface area contributed by atoms with E-state index in [0.29, 0.717) is 5.02 Å². The molecule has 2 aromatic rings. The number of aliphatic hydroxyl groups excluding tert-OH is 1. The quantitative estimate of drug-likeness (QED) is 0.945. The van der Waals surface area contributed by atoms with Gasteiger partial charge in [0.25, 0.3) is 0 Å². The molecule has 1 aliphatic rings. The number of hydrogen-bond acceptors (Lipinski definition) is 4. The third-order valence-corrected chi connectivity index (χ3v) is 4.95. The maximum atomic E-state index is 9.47. The first-order chi connectivity index (χ1) is 9.79. The Morgan fingerprint density at radius 3 is 3.00 bits per heavy atom. The van der Waals surface area contributed by atoms with E-state index in [2.05, 4.69) is 14.8 Å². The van der Waals surface area contributed by atoms with Crippen molar-refractivity contribution in [3.63, 3.8) is 0 Å². The molecule has 3 rings (SSSR count). The lowest BCUT2D eigenvalue weighted by Gasteiger charge is -2.10. The van der Waals surface area contributed by atoms with E-state index in [0.717, 1.165) is 34.4 Å². The molecule has 0 unspecified atom stereocenters. The molecule has 4 nitrogen and oxygen atoms in total.